The first-order valence-electron chi connectivity index (χ1n) is 6.05. The normalized spacial score (nSPS) is 12.9. The first-order chi connectivity index (χ1) is 7.88. The van der Waals surface area contributed by atoms with Crippen LogP contribution in [0.2, 0.25) is 0 Å². The Balaban J connectivity index is 3.98. The van der Waals surface area contributed by atoms with Gasteiger partial charge in [-0.15, -0.1) is 0 Å². The monoisotopic (exact) mass is 354 g/mol. The van der Waals surface area contributed by atoms with Crippen molar-refractivity contribution in [1.82, 2.24) is 8.85 Å². The number of ketones is 1. The van der Waals surface area contributed by atoms with Gasteiger partial charge in [0.25, 0.3) is 0 Å². The number of halogens is 1. The van der Waals surface area contributed by atoms with E-state index in [1.54, 1.807) is 0 Å². The van der Waals surface area contributed by atoms with Gasteiger partial charge >= 0.3 is 0 Å². The minimum Gasteiger partial charge on any atom is -0.356 e. The largest absolute Gasteiger partial charge is 0.356 e. The van der Waals surface area contributed by atoms with Crippen molar-refractivity contribution in [2.24, 2.45) is 11.8 Å². The maximum atomic E-state index is 11.8. The number of carbonyl (C=O) groups is 2. The van der Waals surface area contributed by atoms with Crippen LogP contribution in [-0.2, 0) is 9.59 Å². The van der Waals surface area contributed by atoms with E-state index >= 15 is 0 Å². The summed E-state index contributed by atoms with van der Waals surface area (Å²) in [6.07, 6.45) is 0.954. The van der Waals surface area contributed by atoms with E-state index in [0.29, 0.717) is 25.3 Å². The van der Waals surface area contributed by atoms with E-state index in [1.807, 2.05) is 36.7 Å². The molecule has 1 amide bonds. The maximum absolute atomic E-state index is 11.8. The molecule has 0 saturated heterocycles. The summed E-state index contributed by atoms with van der Waals surface area (Å²) in [6.45, 7) is 8.55. The molecule has 17 heavy (non-hydrogen) atoms. The quantitative estimate of drug-likeness (QED) is 0.518. The predicted molar refractivity (Wildman–Crippen MR) is 77.9 cm³/mol. The van der Waals surface area contributed by atoms with E-state index in [9.17, 15) is 9.59 Å². The molecule has 0 fully saturated rings. The molecule has 1 atom stereocenters. The number of hydrogen-bond acceptors (Lipinski definition) is 3. The van der Waals surface area contributed by atoms with Gasteiger partial charge in [0.1, 0.15) is 0 Å². The molecule has 0 aromatic heterocycles. The highest BCUT2D eigenvalue weighted by Crippen LogP contribution is 2.07. The van der Waals surface area contributed by atoms with E-state index in [-0.39, 0.29) is 23.7 Å². The Labute approximate surface area is 118 Å². The second kappa shape index (κ2) is 8.85. The lowest BCUT2D eigenvalue weighted by atomic mass is 9.99. The van der Waals surface area contributed by atoms with Crippen LogP contribution in [0.1, 0.15) is 40.5 Å². The van der Waals surface area contributed by atoms with Crippen LogP contribution in [0.25, 0.3) is 0 Å². The fraction of sp³-hybridized carbons (Fsp3) is 0.833. The highest BCUT2D eigenvalue weighted by molar-refractivity contribution is 14.1. The lowest BCUT2D eigenvalue weighted by Gasteiger charge is -2.16. The molecule has 0 unspecified atom stereocenters. The second-order valence-corrected chi connectivity index (χ2v) is 5.58. The molecule has 0 radical (unpaired) electrons. The first-order valence-corrected chi connectivity index (χ1v) is 7.13. The standard InChI is InChI=1S/C12H23IN2O2/c1-8(2)7-14-11(16)6-5-10(15-13)12(17)9(3)4/h8-10,15H,5-7H2,1-4H3,(H,14,16)/t10-/m0/s1. The van der Waals surface area contributed by atoms with Crippen molar-refractivity contribution >= 4 is 34.6 Å². The highest BCUT2D eigenvalue weighted by atomic mass is 127. The zero-order valence-electron chi connectivity index (χ0n) is 11.0. The molecule has 0 aromatic rings. The van der Waals surface area contributed by atoms with Crippen molar-refractivity contribution in [3.8, 4) is 0 Å². The zero-order chi connectivity index (χ0) is 13.4. The van der Waals surface area contributed by atoms with Crippen LogP contribution < -0.4 is 8.85 Å². The molecule has 0 rings (SSSR count). The molecule has 0 saturated carbocycles. The van der Waals surface area contributed by atoms with Gasteiger partial charge in [-0.25, -0.2) is 0 Å². The van der Waals surface area contributed by atoms with Gasteiger partial charge in [0, 0.05) is 41.7 Å². The molecule has 0 bridgehead atoms. The molecule has 0 aliphatic heterocycles. The third-order valence-corrected chi connectivity index (χ3v) is 3.16. The van der Waals surface area contributed by atoms with Crippen LogP contribution in [0.4, 0.5) is 0 Å². The van der Waals surface area contributed by atoms with Gasteiger partial charge in [-0.1, -0.05) is 27.7 Å². The fourth-order valence-electron chi connectivity index (χ4n) is 1.33. The van der Waals surface area contributed by atoms with Crippen LogP contribution in [0, 0.1) is 11.8 Å². The Hall–Kier alpha value is -0.170. The Morgan fingerprint density at radius 1 is 1.18 bits per heavy atom. The SMILES string of the molecule is CC(C)CNC(=O)CC[C@H](NI)C(=O)C(C)C. The van der Waals surface area contributed by atoms with Gasteiger partial charge < -0.3 is 5.32 Å². The third kappa shape index (κ3) is 7.70. The Bertz CT molecular complexity index is 255. The maximum Gasteiger partial charge on any atom is 0.220 e. The molecular weight excluding hydrogens is 331 g/mol. The Morgan fingerprint density at radius 2 is 1.76 bits per heavy atom. The van der Waals surface area contributed by atoms with Crippen molar-refractivity contribution in [3.63, 3.8) is 0 Å². The van der Waals surface area contributed by atoms with Gasteiger partial charge in [0.2, 0.25) is 5.91 Å². The molecule has 5 heteroatoms. The van der Waals surface area contributed by atoms with E-state index in [4.69, 9.17) is 0 Å². The zero-order valence-corrected chi connectivity index (χ0v) is 13.2. The fourth-order valence-corrected chi connectivity index (χ4v) is 1.95. The number of hydrogen-bond donors (Lipinski definition) is 2. The lowest BCUT2D eigenvalue weighted by Crippen LogP contribution is -2.36. The van der Waals surface area contributed by atoms with Crippen LogP contribution in [0.5, 0.6) is 0 Å². The van der Waals surface area contributed by atoms with Crippen LogP contribution in [-0.4, -0.2) is 24.3 Å². The van der Waals surface area contributed by atoms with E-state index in [0.717, 1.165) is 0 Å². The molecule has 4 nitrogen and oxygen atoms in total. The summed E-state index contributed by atoms with van der Waals surface area (Å²) in [5.74, 6) is 0.638. The minimum absolute atomic E-state index is 0.000918. The van der Waals surface area contributed by atoms with Gasteiger partial charge in [0.15, 0.2) is 5.78 Å². The second-order valence-electron chi connectivity index (χ2n) is 4.96. The average molecular weight is 354 g/mol. The van der Waals surface area contributed by atoms with Crippen LogP contribution >= 0.6 is 22.9 Å². The van der Waals surface area contributed by atoms with Crippen molar-refractivity contribution in [2.45, 2.75) is 46.6 Å². The summed E-state index contributed by atoms with van der Waals surface area (Å²) in [6, 6.07) is -0.222. The molecule has 0 aliphatic carbocycles. The Morgan fingerprint density at radius 3 is 2.18 bits per heavy atom. The van der Waals surface area contributed by atoms with Crippen molar-refractivity contribution in [1.29, 1.82) is 0 Å². The highest BCUT2D eigenvalue weighted by Gasteiger charge is 2.20. The van der Waals surface area contributed by atoms with E-state index in [1.165, 1.54) is 0 Å². The first kappa shape index (κ1) is 16.8. The van der Waals surface area contributed by atoms with E-state index < -0.39 is 0 Å². The number of rotatable bonds is 8. The van der Waals surface area contributed by atoms with Gasteiger partial charge in [-0.3, -0.25) is 13.1 Å². The molecule has 0 aliphatic rings. The summed E-state index contributed by atoms with van der Waals surface area (Å²) >= 11 is 1.97. The van der Waals surface area contributed by atoms with Crippen LogP contribution in [0.3, 0.4) is 0 Å². The smallest absolute Gasteiger partial charge is 0.220 e. The van der Waals surface area contributed by atoms with Crippen molar-refractivity contribution in [3.05, 3.63) is 0 Å². The minimum atomic E-state index is -0.222. The van der Waals surface area contributed by atoms with Crippen LogP contribution in [0.15, 0.2) is 0 Å². The number of Topliss-reactive ketones (excluding diaryl/α,β-unsaturated/α-hetero) is 1. The molecule has 2 N–H and O–H groups in total. The van der Waals surface area contributed by atoms with Gasteiger partial charge in [-0.05, 0) is 12.3 Å². The summed E-state index contributed by atoms with van der Waals surface area (Å²) in [7, 11) is 0. The predicted octanol–water partition coefficient (Wildman–Crippen LogP) is 2.07. The molecule has 100 valence electrons. The Kier molecular flexibility index (Phi) is 8.77. The summed E-state index contributed by atoms with van der Waals surface area (Å²) in [4.78, 5) is 23.3. The molecule has 0 heterocycles. The van der Waals surface area contributed by atoms with Gasteiger partial charge in [-0.2, -0.15) is 0 Å². The number of amides is 1. The number of carbonyl (C=O) groups excluding carboxylic acids is 2. The molecular formula is C12H23IN2O2. The van der Waals surface area contributed by atoms with Crippen molar-refractivity contribution in [2.75, 3.05) is 6.54 Å². The summed E-state index contributed by atoms with van der Waals surface area (Å²) in [5.41, 5.74) is 0. The summed E-state index contributed by atoms with van der Waals surface area (Å²) in [5, 5.41) is 2.85. The number of nitrogens with one attached hydrogen (secondary N) is 2. The summed E-state index contributed by atoms with van der Waals surface area (Å²) < 4.78 is 2.94. The van der Waals surface area contributed by atoms with E-state index in [2.05, 4.69) is 22.7 Å². The lowest BCUT2D eigenvalue weighted by molar-refractivity contribution is -0.124. The average Bonchev–Trinajstić information content (AvgIpc) is 2.26. The third-order valence-electron chi connectivity index (χ3n) is 2.41. The molecule has 0 spiro atoms. The molecule has 0 aromatic carbocycles. The van der Waals surface area contributed by atoms with Gasteiger partial charge in [0.05, 0.1) is 6.04 Å². The topological polar surface area (TPSA) is 58.2 Å². The van der Waals surface area contributed by atoms with Crippen molar-refractivity contribution < 1.29 is 9.59 Å².